The van der Waals surface area contributed by atoms with Crippen molar-refractivity contribution in [3.63, 3.8) is 0 Å². The number of phenolic OH excluding ortho intramolecular Hbond substituents is 1. The predicted octanol–water partition coefficient (Wildman–Crippen LogP) is 2.14. The Morgan fingerprint density at radius 2 is 2.08 bits per heavy atom. The molecular weight excluding hydrogens is 316 g/mol. The van der Waals surface area contributed by atoms with Crippen LogP contribution >= 0.6 is 0 Å². The number of hydrogen-bond donors (Lipinski definition) is 3. The van der Waals surface area contributed by atoms with Crippen LogP contribution in [0.2, 0.25) is 0 Å². The summed E-state index contributed by atoms with van der Waals surface area (Å²) in [5.41, 5.74) is 2.13. The number of nitrogens with one attached hydrogen (secondary N) is 2. The Labute approximate surface area is 149 Å². The average Bonchev–Trinajstić information content (AvgIpc) is 2.64. The van der Waals surface area contributed by atoms with E-state index in [0.717, 1.165) is 43.1 Å². The third-order valence-electron chi connectivity index (χ3n) is 3.66. The molecule has 2 aromatic rings. The number of aromatic hydroxyl groups is 1. The SMILES string of the molecule is CCNC(=NCCc1ccccn1)NCCc1ccc(O)c(OC)c1. The summed E-state index contributed by atoms with van der Waals surface area (Å²) in [7, 11) is 1.55. The fourth-order valence-electron chi connectivity index (χ4n) is 2.37. The fourth-order valence-corrected chi connectivity index (χ4v) is 2.37. The van der Waals surface area contributed by atoms with E-state index in [1.54, 1.807) is 19.4 Å². The molecule has 6 nitrogen and oxygen atoms in total. The molecule has 3 N–H and O–H groups in total. The summed E-state index contributed by atoms with van der Waals surface area (Å²) in [6, 6.07) is 11.3. The largest absolute Gasteiger partial charge is 0.504 e. The zero-order valence-corrected chi connectivity index (χ0v) is 14.8. The molecule has 0 aliphatic rings. The lowest BCUT2D eigenvalue weighted by molar-refractivity contribution is 0.373. The second-order valence-corrected chi connectivity index (χ2v) is 5.51. The first-order valence-electron chi connectivity index (χ1n) is 8.51. The second-order valence-electron chi connectivity index (χ2n) is 5.51. The van der Waals surface area contributed by atoms with Crippen LogP contribution in [0.25, 0.3) is 0 Å². The van der Waals surface area contributed by atoms with Crippen LogP contribution in [0.3, 0.4) is 0 Å². The molecule has 0 saturated carbocycles. The van der Waals surface area contributed by atoms with Gasteiger partial charge in [0.25, 0.3) is 0 Å². The summed E-state index contributed by atoms with van der Waals surface area (Å²) in [5, 5.41) is 16.2. The highest BCUT2D eigenvalue weighted by atomic mass is 16.5. The molecule has 0 saturated heterocycles. The maximum atomic E-state index is 9.63. The Kier molecular flexibility index (Phi) is 7.56. The van der Waals surface area contributed by atoms with E-state index in [4.69, 9.17) is 4.74 Å². The Bertz CT molecular complexity index is 674. The van der Waals surface area contributed by atoms with Gasteiger partial charge in [0.05, 0.1) is 7.11 Å². The molecule has 0 aliphatic heterocycles. The highest BCUT2D eigenvalue weighted by molar-refractivity contribution is 5.79. The van der Waals surface area contributed by atoms with E-state index in [0.29, 0.717) is 12.3 Å². The molecule has 25 heavy (non-hydrogen) atoms. The van der Waals surface area contributed by atoms with Crippen molar-refractivity contribution >= 4 is 5.96 Å². The van der Waals surface area contributed by atoms with E-state index in [1.165, 1.54) is 0 Å². The number of hydrogen-bond acceptors (Lipinski definition) is 4. The third kappa shape index (κ3) is 6.33. The number of aromatic nitrogens is 1. The summed E-state index contributed by atoms with van der Waals surface area (Å²) in [4.78, 5) is 8.88. The quantitative estimate of drug-likeness (QED) is 0.506. The molecule has 0 radical (unpaired) electrons. The van der Waals surface area contributed by atoms with Crippen molar-refractivity contribution in [1.29, 1.82) is 0 Å². The number of phenols is 1. The summed E-state index contributed by atoms with van der Waals surface area (Å²) < 4.78 is 5.13. The van der Waals surface area contributed by atoms with Crippen LogP contribution in [0.15, 0.2) is 47.6 Å². The van der Waals surface area contributed by atoms with Gasteiger partial charge >= 0.3 is 0 Å². The van der Waals surface area contributed by atoms with E-state index in [-0.39, 0.29) is 5.75 Å². The molecule has 1 aromatic heterocycles. The summed E-state index contributed by atoms with van der Waals surface area (Å²) in [5.74, 6) is 1.45. The standard InChI is InChI=1S/C19H26N4O2/c1-3-20-19(23-13-10-16-6-4-5-11-21-16)22-12-9-15-7-8-17(24)18(14-15)25-2/h4-8,11,14,24H,3,9-10,12-13H2,1-2H3,(H2,20,22,23). The number of rotatable bonds is 8. The molecule has 0 aliphatic carbocycles. The van der Waals surface area contributed by atoms with E-state index in [9.17, 15) is 5.11 Å². The van der Waals surface area contributed by atoms with Gasteiger partial charge in [0.15, 0.2) is 17.5 Å². The average molecular weight is 342 g/mol. The van der Waals surface area contributed by atoms with Crippen LogP contribution in [0.1, 0.15) is 18.2 Å². The first kappa shape index (κ1) is 18.6. The van der Waals surface area contributed by atoms with Crippen molar-refractivity contribution in [2.75, 3.05) is 26.7 Å². The van der Waals surface area contributed by atoms with Gasteiger partial charge < -0.3 is 20.5 Å². The van der Waals surface area contributed by atoms with Gasteiger partial charge in [-0.1, -0.05) is 12.1 Å². The number of guanidine groups is 1. The van der Waals surface area contributed by atoms with Crippen molar-refractivity contribution in [2.24, 2.45) is 4.99 Å². The lowest BCUT2D eigenvalue weighted by Gasteiger charge is -2.12. The highest BCUT2D eigenvalue weighted by Crippen LogP contribution is 2.26. The first-order chi connectivity index (χ1) is 12.2. The Morgan fingerprint density at radius 3 is 2.80 bits per heavy atom. The van der Waals surface area contributed by atoms with Crippen LogP contribution in [0, 0.1) is 0 Å². The number of benzene rings is 1. The molecule has 0 bridgehead atoms. The number of nitrogens with zero attached hydrogens (tertiary/aromatic N) is 2. The van der Waals surface area contributed by atoms with Crippen molar-refractivity contribution in [2.45, 2.75) is 19.8 Å². The van der Waals surface area contributed by atoms with Gasteiger partial charge in [0, 0.05) is 37.9 Å². The van der Waals surface area contributed by atoms with Crippen LogP contribution in [-0.2, 0) is 12.8 Å². The van der Waals surface area contributed by atoms with Crippen LogP contribution in [-0.4, -0.2) is 42.8 Å². The molecule has 0 spiro atoms. The van der Waals surface area contributed by atoms with E-state index < -0.39 is 0 Å². The van der Waals surface area contributed by atoms with Gasteiger partial charge in [0.1, 0.15) is 0 Å². The number of pyridine rings is 1. The maximum Gasteiger partial charge on any atom is 0.191 e. The third-order valence-corrected chi connectivity index (χ3v) is 3.66. The number of aliphatic imine (C=N–C) groups is 1. The minimum absolute atomic E-state index is 0.156. The lowest BCUT2D eigenvalue weighted by atomic mass is 10.1. The minimum atomic E-state index is 0.156. The number of methoxy groups -OCH3 is 1. The maximum absolute atomic E-state index is 9.63. The van der Waals surface area contributed by atoms with E-state index >= 15 is 0 Å². The Hall–Kier alpha value is -2.76. The second kappa shape index (κ2) is 10.2. The highest BCUT2D eigenvalue weighted by Gasteiger charge is 2.03. The van der Waals surface area contributed by atoms with Crippen molar-refractivity contribution < 1.29 is 9.84 Å². The van der Waals surface area contributed by atoms with Gasteiger partial charge in [-0.15, -0.1) is 0 Å². The zero-order valence-electron chi connectivity index (χ0n) is 14.8. The molecule has 6 heteroatoms. The van der Waals surface area contributed by atoms with E-state index in [2.05, 4.69) is 20.6 Å². The topological polar surface area (TPSA) is 78.8 Å². The van der Waals surface area contributed by atoms with Gasteiger partial charge in [-0.05, 0) is 43.2 Å². The van der Waals surface area contributed by atoms with Crippen LogP contribution < -0.4 is 15.4 Å². The normalized spacial score (nSPS) is 11.2. The molecule has 1 aromatic carbocycles. The van der Waals surface area contributed by atoms with Gasteiger partial charge in [-0.2, -0.15) is 0 Å². The van der Waals surface area contributed by atoms with Crippen molar-refractivity contribution in [1.82, 2.24) is 15.6 Å². The van der Waals surface area contributed by atoms with Crippen molar-refractivity contribution in [3.8, 4) is 11.5 Å². The fraction of sp³-hybridized carbons (Fsp3) is 0.368. The molecule has 134 valence electrons. The number of ether oxygens (including phenoxy) is 1. The Balaban J connectivity index is 1.83. The van der Waals surface area contributed by atoms with Crippen molar-refractivity contribution in [3.05, 3.63) is 53.9 Å². The van der Waals surface area contributed by atoms with E-state index in [1.807, 2.05) is 37.3 Å². The Morgan fingerprint density at radius 1 is 1.20 bits per heavy atom. The molecule has 2 rings (SSSR count). The van der Waals surface area contributed by atoms with Gasteiger partial charge in [0.2, 0.25) is 0 Å². The van der Waals surface area contributed by atoms with Gasteiger partial charge in [-0.25, -0.2) is 0 Å². The minimum Gasteiger partial charge on any atom is -0.504 e. The summed E-state index contributed by atoms with van der Waals surface area (Å²) in [6.07, 6.45) is 3.42. The summed E-state index contributed by atoms with van der Waals surface area (Å²) >= 11 is 0. The smallest absolute Gasteiger partial charge is 0.191 e. The molecule has 1 heterocycles. The molecule has 0 amide bonds. The molecule has 0 fully saturated rings. The van der Waals surface area contributed by atoms with Crippen LogP contribution in [0.5, 0.6) is 11.5 Å². The van der Waals surface area contributed by atoms with Crippen LogP contribution in [0.4, 0.5) is 0 Å². The molecular formula is C19H26N4O2. The zero-order chi connectivity index (χ0) is 17.9. The van der Waals surface area contributed by atoms with Gasteiger partial charge in [-0.3, -0.25) is 9.98 Å². The lowest BCUT2D eigenvalue weighted by Crippen LogP contribution is -2.38. The monoisotopic (exact) mass is 342 g/mol. The predicted molar refractivity (Wildman–Crippen MR) is 100 cm³/mol. The molecule has 0 unspecified atom stereocenters. The molecule has 0 atom stereocenters. The first-order valence-corrected chi connectivity index (χ1v) is 8.51. The summed E-state index contributed by atoms with van der Waals surface area (Å²) in [6.45, 7) is 4.27.